The van der Waals surface area contributed by atoms with Crippen LogP contribution >= 0.6 is 0 Å². The van der Waals surface area contributed by atoms with Gasteiger partial charge in [-0.25, -0.2) is 18.6 Å². The first-order valence-corrected chi connectivity index (χ1v) is 11.8. The van der Waals surface area contributed by atoms with Gasteiger partial charge in [-0.2, -0.15) is 0 Å². The number of ether oxygens (including phenoxy) is 1. The highest BCUT2D eigenvalue weighted by Crippen LogP contribution is 2.32. The number of alkyl halides is 2. The maximum atomic E-state index is 13.1. The number of imidazole rings is 1. The Bertz CT molecular complexity index is 1170. The molecule has 1 aromatic heterocycles. The third-order valence-electron chi connectivity index (χ3n) is 6.64. The Morgan fingerprint density at radius 1 is 1.15 bits per heavy atom. The van der Waals surface area contributed by atoms with Gasteiger partial charge >= 0.3 is 6.03 Å². The normalized spacial score (nSPS) is 16.9. The number of anilines is 1. The molecule has 0 radical (unpaired) electrons. The Morgan fingerprint density at radius 2 is 1.91 bits per heavy atom. The van der Waals surface area contributed by atoms with E-state index in [0.29, 0.717) is 45.6 Å². The van der Waals surface area contributed by atoms with E-state index in [4.69, 9.17) is 4.74 Å². The molecule has 2 aliphatic heterocycles. The fraction of sp³-hybridized carbons (Fsp3) is 0.440. The third-order valence-corrected chi connectivity index (χ3v) is 6.64. The standard InChI is InChI=1S/C25H29F2N5O2/c1-2-28-24-29-20-5-3-18(14-21(20)30-24)17-4-6-22-19(13-17)15-32(11-12-34-22)25(33)31-9-7-16(8-10-31)23(26)27/h3-6,13-14,16,23H,2,7-12,15H2,1H3,(H2,28,29,30). The van der Waals surface area contributed by atoms with Crippen LogP contribution in [0, 0.1) is 5.92 Å². The number of H-pyrrole nitrogens is 1. The molecule has 9 heteroatoms. The van der Waals surface area contributed by atoms with Crippen molar-refractivity contribution >= 4 is 23.0 Å². The number of urea groups is 1. The Kier molecular flexibility index (Phi) is 6.26. The van der Waals surface area contributed by atoms with E-state index in [1.165, 1.54) is 0 Å². The Labute approximate surface area is 197 Å². The number of aromatic amines is 1. The van der Waals surface area contributed by atoms with Crippen LogP contribution in [-0.4, -0.2) is 65.0 Å². The van der Waals surface area contributed by atoms with Gasteiger partial charge in [-0.3, -0.25) is 0 Å². The number of nitrogens with zero attached hydrogens (tertiary/aromatic N) is 3. The van der Waals surface area contributed by atoms with Crippen LogP contribution in [0.4, 0.5) is 19.5 Å². The first kappa shape index (κ1) is 22.4. The molecule has 0 unspecified atom stereocenters. The van der Waals surface area contributed by atoms with Crippen molar-refractivity contribution in [3.63, 3.8) is 0 Å². The van der Waals surface area contributed by atoms with Crippen molar-refractivity contribution in [2.45, 2.75) is 32.7 Å². The number of likely N-dealkylation sites (tertiary alicyclic amines) is 1. The van der Waals surface area contributed by atoms with Crippen LogP contribution in [0.3, 0.4) is 0 Å². The number of carbonyl (C=O) groups is 1. The van der Waals surface area contributed by atoms with E-state index in [1.807, 2.05) is 31.2 Å². The van der Waals surface area contributed by atoms with Crippen molar-refractivity contribution in [3.05, 3.63) is 42.0 Å². The molecule has 0 bridgehead atoms. The lowest BCUT2D eigenvalue weighted by Crippen LogP contribution is -2.47. The number of hydrogen-bond acceptors (Lipinski definition) is 4. The van der Waals surface area contributed by atoms with E-state index in [2.05, 4.69) is 27.4 Å². The van der Waals surface area contributed by atoms with Crippen LogP contribution in [0.2, 0.25) is 0 Å². The summed E-state index contributed by atoms with van der Waals surface area (Å²) in [6, 6.07) is 12.0. The van der Waals surface area contributed by atoms with E-state index < -0.39 is 12.3 Å². The summed E-state index contributed by atoms with van der Waals surface area (Å²) >= 11 is 0. The molecule has 1 fully saturated rings. The van der Waals surface area contributed by atoms with Gasteiger partial charge in [-0.05, 0) is 55.2 Å². The maximum Gasteiger partial charge on any atom is 0.320 e. The van der Waals surface area contributed by atoms with Gasteiger partial charge in [-0.15, -0.1) is 0 Å². The Hall–Kier alpha value is -3.36. The van der Waals surface area contributed by atoms with Crippen LogP contribution in [-0.2, 0) is 6.54 Å². The van der Waals surface area contributed by atoms with Crippen LogP contribution < -0.4 is 10.1 Å². The zero-order valence-corrected chi connectivity index (χ0v) is 19.2. The number of aromatic nitrogens is 2. The van der Waals surface area contributed by atoms with E-state index in [-0.39, 0.29) is 6.03 Å². The molecule has 2 amide bonds. The quantitative estimate of drug-likeness (QED) is 0.567. The average molecular weight is 470 g/mol. The molecular formula is C25H29F2N5O2. The molecule has 0 atom stereocenters. The number of amides is 2. The molecule has 0 aliphatic carbocycles. The molecule has 0 saturated carbocycles. The van der Waals surface area contributed by atoms with Gasteiger partial charge in [-0.1, -0.05) is 12.1 Å². The van der Waals surface area contributed by atoms with Crippen LogP contribution in [0.5, 0.6) is 5.75 Å². The Morgan fingerprint density at radius 3 is 2.68 bits per heavy atom. The van der Waals surface area contributed by atoms with Crippen molar-refractivity contribution in [1.29, 1.82) is 0 Å². The molecule has 2 aromatic carbocycles. The van der Waals surface area contributed by atoms with Crippen LogP contribution in [0.15, 0.2) is 36.4 Å². The largest absolute Gasteiger partial charge is 0.491 e. The summed E-state index contributed by atoms with van der Waals surface area (Å²) in [5, 5.41) is 3.19. The van der Waals surface area contributed by atoms with Gasteiger partial charge < -0.3 is 24.8 Å². The van der Waals surface area contributed by atoms with Gasteiger partial charge in [0, 0.05) is 31.1 Å². The predicted octanol–water partition coefficient (Wildman–Crippen LogP) is 4.95. The van der Waals surface area contributed by atoms with Crippen molar-refractivity contribution in [2.24, 2.45) is 5.92 Å². The SMILES string of the molecule is CCNc1nc2ccc(-c3ccc4c(c3)CN(C(=O)N3CCC(C(F)F)CC3)CCO4)cc2[nH]1. The average Bonchev–Trinajstić information content (AvgIpc) is 3.12. The summed E-state index contributed by atoms with van der Waals surface area (Å²) in [7, 11) is 0. The predicted molar refractivity (Wildman–Crippen MR) is 127 cm³/mol. The molecule has 1 saturated heterocycles. The van der Waals surface area contributed by atoms with Gasteiger partial charge in [0.05, 0.1) is 24.1 Å². The summed E-state index contributed by atoms with van der Waals surface area (Å²) < 4.78 is 31.9. The van der Waals surface area contributed by atoms with E-state index in [1.54, 1.807) is 9.80 Å². The first-order chi connectivity index (χ1) is 16.5. The third kappa shape index (κ3) is 4.51. The molecule has 0 spiro atoms. The zero-order valence-electron chi connectivity index (χ0n) is 19.2. The number of halogens is 2. The molecule has 5 rings (SSSR count). The number of hydrogen-bond donors (Lipinski definition) is 2. The van der Waals surface area contributed by atoms with Gasteiger partial charge in [0.2, 0.25) is 12.4 Å². The van der Waals surface area contributed by atoms with Gasteiger partial charge in [0.25, 0.3) is 0 Å². The monoisotopic (exact) mass is 469 g/mol. The summed E-state index contributed by atoms with van der Waals surface area (Å²) in [5.41, 5.74) is 4.84. The van der Waals surface area contributed by atoms with Crippen molar-refractivity contribution in [2.75, 3.05) is 38.1 Å². The second kappa shape index (κ2) is 9.48. The number of rotatable bonds is 4. The zero-order chi connectivity index (χ0) is 23.7. The Balaban J connectivity index is 1.34. The summed E-state index contributed by atoms with van der Waals surface area (Å²) in [4.78, 5) is 24.4. The molecule has 3 heterocycles. The lowest BCUT2D eigenvalue weighted by molar-refractivity contribution is 0.0374. The van der Waals surface area contributed by atoms with Crippen LogP contribution in [0.25, 0.3) is 22.2 Å². The number of piperidine rings is 1. The highest BCUT2D eigenvalue weighted by atomic mass is 19.3. The van der Waals surface area contributed by atoms with Crippen molar-refractivity contribution in [3.8, 4) is 16.9 Å². The number of carbonyl (C=O) groups excluding carboxylic acids is 1. The van der Waals surface area contributed by atoms with Gasteiger partial charge in [0.1, 0.15) is 12.4 Å². The van der Waals surface area contributed by atoms with Crippen LogP contribution in [0.1, 0.15) is 25.3 Å². The lowest BCUT2D eigenvalue weighted by atomic mass is 9.97. The van der Waals surface area contributed by atoms with Crippen molar-refractivity contribution < 1.29 is 18.3 Å². The topological polar surface area (TPSA) is 73.5 Å². The fourth-order valence-electron chi connectivity index (χ4n) is 4.72. The molecule has 7 nitrogen and oxygen atoms in total. The molecule has 180 valence electrons. The number of fused-ring (bicyclic) bond motifs is 2. The second-order valence-corrected chi connectivity index (χ2v) is 8.88. The lowest BCUT2D eigenvalue weighted by Gasteiger charge is -2.35. The highest BCUT2D eigenvalue weighted by molar-refractivity contribution is 5.84. The minimum absolute atomic E-state index is 0.107. The molecular weight excluding hydrogens is 440 g/mol. The highest BCUT2D eigenvalue weighted by Gasteiger charge is 2.31. The minimum Gasteiger partial charge on any atom is -0.491 e. The molecule has 2 N–H and O–H groups in total. The van der Waals surface area contributed by atoms with E-state index >= 15 is 0 Å². The van der Waals surface area contributed by atoms with E-state index in [0.717, 1.165) is 46.0 Å². The number of nitrogens with one attached hydrogen (secondary N) is 2. The summed E-state index contributed by atoms with van der Waals surface area (Å²) in [6.07, 6.45) is -1.62. The first-order valence-electron chi connectivity index (χ1n) is 11.8. The van der Waals surface area contributed by atoms with Crippen molar-refractivity contribution in [1.82, 2.24) is 19.8 Å². The number of benzene rings is 2. The van der Waals surface area contributed by atoms with Gasteiger partial charge in [0.15, 0.2) is 0 Å². The summed E-state index contributed by atoms with van der Waals surface area (Å²) in [5.74, 6) is 0.907. The summed E-state index contributed by atoms with van der Waals surface area (Å²) in [6.45, 7) is 4.85. The fourth-order valence-corrected chi connectivity index (χ4v) is 4.72. The molecule has 2 aliphatic rings. The molecule has 3 aromatic rings. The molecule has 34 heavy (non-hydrogen) atoms. The van der Waals surface area contributed by atoms with E-state index in [9.17, 15) is 13.6 Å². The second-order valence-electron chi connectivity index (χ2n) is 8.88. The minimum atomic E-state index is -2.32. The smallest absolute Gasteiger partial charge is 0.320 e. The maximum absolute atomic E-state index is 13.1.